The van der Waals surface area contributed by atoms with Crippen molar-refractivity contribution in [1.82, 2.24) is 9.88 Å². The van der Waals surface area contributed by atoms with Crippen LogP contribution in [0, 0.1) is 0 Å². The molecule has 1 aliphatic rings. The van der Waals surface area contributed by atoms with Gasteiger partial charge < -0.3 is 30.9 Å². The molecule has 1 amide bonds. The fraction of sp³-hybridized carbons (Fsp3) is 0.333. The number of likely N-dealkylation sites (tertiary alicyclic amines) is 1. The summed E-state index contributed by atoms with van der Waals surface area (Å²) in [5.41, 5.74) is 6.05. The van der Waals surface area contributed by atoms with Crippen LogP contribution < -0.4 is 5.73 Å². The van der Waals surface area contributed by atoms with Crippen molar-refractivity contribution in [1.29, 1.82) is 0 Å². The van der Waals surface area contributed by atoms with Gasteiger partial charge in [-0.25, -0.2) is 4.79 Å². The van der Waals surface area contributed by atoms with E-state index in [2.05, 4.69) is 4.98 Å². The van der Waals surface area contributed by atoms with Gasteiger partial charge >= 0.3 is 5.97 Å². The van der Waals surface area contributed by atoms with Crippen LogP contribution >= 0.6 is 11.6 Å². The first kappa shape index (κ1) is 18.2. The summed E-state index contributed by atoms with van der Waals surface area (Å²) in [5.74, 6) is -1.20. The molecule has 2 atom stereocenters. The molecule has 24 heavy (non-hydrogen) atoms. The molecular weight excluding hydrogens is 338 g/mol. The molecule has 0 aliphatic carbocycles. The summed E-state index contributed by atoms with van der Waals surface area (Å²) in [6.07, 6.45) is -1.63. The summed E-state index contributed by atoms with van der Waals surface area (Å²) >= 11 is 5.75. The van der Waals surface area contributed by atoms with Gasteiger partial charge in [-0.3, -0.25) is 4.79 Å². The number of amides is 1. The van der Waals surface area contributed by atoms with Crippen LogP contribution in [0.4, 0.5) is 0 Å². The number of carbonyl (C=O) groups excluding carboxylic acids is 1. The topological polar surface area (TPSA) is 140 Å². The summed E-state index contributed by atoms with van der Waals surface area (Å²) in [7, 11) is 0. The summed E-state index contributed by atoms with van der Waals surface area (Å²) in [6.45, 7) is 0.313. The second kappa shape index (κ2) is 7.63. The molecule has 0 saturated carbocycles. The molecule has 1 aliphatic heterocycles. The van der Waals surface area contributed by atoms with Crippen LogP contribution in [0.2, 0.25) is 5.02 Å². The third-order valence-electron chi connectivity index (χ3n) is 3.60. The Morgan fingerprint density at radius 2 is 1.88 bits per heavy atom. The number of aliphatic hydroxyl groups is 2. The Kier molecular flexibility index (Phi) is 5.79. The zero-order valence-corrected chi connectivity index (χ0v) is 13.4. The fourth-order valence-electron chi connectivity index (χ4n) is 2.32. The zero-order chi connectivity index (χ0) is 17.9. The molecule has 130 valence electrons. The van der Waals surface area contributed by atoms with Gasteiger partial charge in [-0.1, -0.05) is 11.6 Å². The molecule has 2 heterocycles. The van der Waals surface area contributed by atoms with Gasteiger partial charge in [-0.05, 0) is 24.3 Å². The van der Waals surface area contributed by atoms with Crippen LogP contribution in [0.1, 0.15) is 10.5 Å². The van der Waals surface area contributed by atoms with Crippen LogP contribution in [-0.4, -0.2) is 68.9 Å². The molecule has 3 rings (SSSR count). The number of aliphatic hydroxyl groups excluding tert-OH is 2. The van der Waals surface area contributed by atoms with Gasteiger partial charge in [0.15, 0.2) is 0 Å². The van der Waals surface area contributed by atoms with E-state index < -0.39 is 18.2 Å². The van der Waals surface area contributed by atoms with Gasteiger partial charge in [0.25, 0.3) is 0 Å². The van der Waals surface area contributed by atoms with E-state index in [1.165, 1.54) is 4.90 Å². The van der Waals surface area contributed by atoms with Crippen LogP contribution in [0.25, 0.3) is 10.9 Å². The zero-order valence-electron chi connectivity index (χ0n) is 12.6. The number of aromatic carboxylic acids is 1. The van der Waals surface area contributed by atoms with Gasteiger partial charge in [0.05, 0.1) is 18.8 Å². The number of nitrogens with two attached hydrogens (primary N) is 1. The minimum Gasteiger partial charge on any atom is -0.477 e. The van der Waals surface area contributed by atoms with Gasteiger partial charge in [0.1, 0.15) is 5.69 Å². The monoisotopic (exact) mass is 355 g/mol. The summed E-state index contributed by atoms with van der Waals surface area (Å²) in [6, 6.07) is 6.75. The van der Waals surface area contributed by atoms with Crippen LogP contribution in [0.3, 0.4) is 0 Å². The van der Waals surface area contributed by atoms with E-state index in [-0.39, 0.29) is 31.2 Å². The van der Waals surface area contributed by atoms with E-state index in [1.54, 1.807) is 24.3 Å². The SMILES string of the molecule is NCC(=O)N1C[C@@H](O)[C@@H](O)C1.O=C(O)c1cc2cc(Cl)ccc2[nH]1. The Hall–Kier alpha value is -2.13. The Balaban J connectivity index is 0.000000177. The maximum Gasteiger partial charge on any atom is 0.352 e. The van der Waals surface area contributed by atoms with E-state index in [0.29, 0.717) is 5.02 Å². The molecule has 0 radical (unpaired) electrons. The predicted molar refractivity (Wildman–Crippen MR) is 87.9 cm³/mol. The Morgan fingerprint density at radius 1 is 1.25 bits per heavy atom. The lowest BCUT2D eigenvalue weighted by atomic mass is 10.2. The lowest BCUT2D eigenvalue weighted by molar-refractivity contribution is -0.129. The quantitative estimate of drug-likeness (QED) is 0.515. The van der Waals surface area contributed by atoms with Crippen LogP contribution in [0.15, 0.2) is 24.3 Å². The highest BCUT2D eigenvalue weighted by Gasteiger charge is 2.31. The second-order valence-corrected chi connectivity index (χ2v) is 5.79. The van der Waals surface area contributed by atoms with Crippen molar-refractivity contribution in [2.45, 2.75) is 12.2 Å². The molecule has 0 unspecified atom stereocenters. The van der Waals surface area contributed by atoms with Crippen molar-refractivity contribution in [3.63, 3.8) is 0 Å². The van der Waals surface area contributed by atoms with Gasteiger partial charge in [-0.2, -0.15) is 0 Å². The minimum absolute atomic E-state index is 0.0700. The first-order valence-electron chi connectivity index (χ1n) is 7.17. The molecule has 0 bridgehead atoms. The summed E-state index contributed by atoms with van der Waals surface area (Å²) in [4.78, 5) is 25.6. The van der Waals surface area contributed by atoms with E-state index in [1.807, 2.05) is 0 Å². The van der Waals surface area contributed by atoms with Crippen molar-refractivity contribution < 1.29 is 24.9 Å². The molecule has 1 aromatic heterocycles. The minimum atomic E-state index is -0.965. The Morgan fingerprint density at radius 3 is 2.42 bits per heavy atom. The average Bonchev–Trinajstić information content (AvgIpc) is 3.10. The van der Waals surface area contributed by atoms with Gasteiger partial charge in [-0.15, -0.1) is 0 Å². The maximum atomic E-state index is 10.9. The number of halogens is 1. The predicted octanol–water partition coefficient (Wildman–Crippen LogP) is 0.0286. The highest BCUT2D eigenvalue weighted by Crippen LogP contribution is 2.19. The highest BCUT2D eigenvalue weighted by molar-refractivity contribution is 6.31. The number of nitrogens with one attached hydrogen (secondary N) is 1. The number of hydrogen-bond acceptors (Lipinski definition) is 5. The summed E-state index contributed by atoms with van der Waals surface area (Å²) in [5, 5.41) is 28.2. The number of hydrogen-bond donors (Lipinski definition) is 5. The Bertz CT molecular complexity index is 738. The number of aromatic amines is 1. The second-order valence-electron chi connectivity index (χ2n) is 5.36. The van der Waals surface area contributed by atoms with Crippen LogP contribution in [-0.2, 0) is 4.79 Å². The van der Waals surface area contributed by atoms with Crippen molar-refractivity contribution in [2.24, 2.45) is 5.73 Å². The number of rotatable bonds is 2. The number of carboxylic acid groups (broad SMARTS) is 1. The maximum absolute atomic E-state index is 10.9. The van der Waals surface area contributed by atoms with Crippen LogP contribution in [0.5, 0.6) is 0 Å². The largest absolute Gasteiger partial charge is 0.477 e. The lowest BCUT2D eigenvalue weighted by Gasteiger charge is -2.12. The number of fused-ring (bicyclic) bond motifs is 1. The first-order valence-corrected chi connectivity index (χ1v) is 7.55. The van der Waals surface area contributed by atoms with E-state index in [0.717, 1.165) is 10.9 Å². The molecule has 8 nitrogen and oxygen atoms in total. The van der Waals surface area contributed by atoms with E-state index in [9.17, 15) is 9.59 Å². The number of aromatic nitrogens is 1. The van der Waals surface area contributed by atoms with Crippen molar-refractivity contribution in [3.8, 4) is 0 Å². The lowest BCUT2D eigenvalue weighted by Crippen LogP contribution is -2.34. The molecule has 0 spiro atoms. The van der Waals surface area contributed by atoms with Crippen molar-refractivity contribution in [3.05, 3.63) is 35.0 Å². The molecule has 1 fully saturated rings. The smallest absolute Gasteiger partial charge is 0.352 e. The molecule has 6 N–H and O–H groups in total. The van der Waals surface area contributed by atoms with Gasteiger partial charge in [0.2, 0.25) is 5.91 Å². The average molecular weight is 356 g/mol. The molecule has 1 saturated heterocycles. The number of carbonyl (C=O) groups is 2. The third kappa shape index (κ3) is 4.24. The molecule has 1 aromatic carbocycles. The molecule has 2 aromatic rings. The standard InChI is InChI=1S/C9H6ClNO2.C6H12N2O3/c10-6-1-2-7-5(3-6)4-8(11-7)9(12)13;7-1-6(11)8-2-4(9)5(10)3-8/h1-4,11H,(H,12,13);4-5,9-10H,1-3,7H2/t;4-,5+. The third-order valence-corrected chi connectivity index (χ3v) is 3.83. The van der Waals surface area contributed by atoms with E-state index >= 15 is 0 Å². The first-order chi connectivity index (χ1) is 11.3. The summed E-state index contributed by atoms with van der Waals surface area (Å²) < 4.78 is 0. The fourth-order valence-corrected chi connectivity index (χ4v) is 2.50. The number of benzene rings is 1. The number of carboxylic acids is 1. The van der Waals surface area contributed by atoms with E-state index in [4.69, 9.17) is 32.7 Å². The number of H-pyrrole nitrogens is 1. The number of nitrogens with zero attached hydrogens (tertiary/aromatic N) is 1. The highest BCUT2D eigenvalue weighted by atomic mass is 35.5. The van der Waals surface area contributed by atoms with Crippen molar-refractivity contribution in [2.75, 3.05) is 19.6 Å². The van der Waals surface area contributed by atoms with Crippen molar-refractivity contribution >= 4 is 34.4 Å². The van der Waals surface area contributed by atoms with Gasteiger partial charge in [0, 0.05) is 29.0 Å². The Labute approximate surface area is 142 Å². The molecule has 9 heteroatoms. The normalized spacial score (nSPS) is 19.9. The number of β-amino-alcohol motifs (C(OH)–C–C–N with tert-alkyl or cyclic N) is 2. The molecular formula is C15H18ClN3O5.